The lowest BCUT2D eigenvalue weighted by molar-refractivity contribution is -0.142. The van der Waals surface area contributed by atoms with Crippen molar-refractivity contribution in [1.82, 2.24) is 10.6 Å². The Morgan fingerprint density at radius 1 is 1.31 bits per heavy atom. The third-order valence-corrected chi connectivity index (χ3v) is 2.52. The highest BCUT2D eigenvalue weighted by Gasteiger charge is 2.29. The van der Waals surface area contributed by atoms with Crippen molar-refractivity contribution in [1.29, 1.82) is 0 Å². The van der Waals surface area contributed by atoms with Gasteiger partial charge in [0, 0.05) is 19.3 Å². The molecule has 92 valence electrons. The van der Waals surface area contributed by atoms with Gasteiger partial charge in [0.05, 0.1) is 0 Å². The van der Waals surface area contributed by atoms with Gasteiger partial charge in [-0.25, -0.2) is 9.59 Å². The highest BCUT2D eigenvalue weighted by atomic mass is 16.5. The molecule has 1 aliphatic heterocycles. The average molecular weight is 230 g/mol. The molecule has 0 aromatic carbocycles. The van der Waals surface area contributed by atoms with E-state index < -0.39 is 17.5 Å². The average Bonchev–Trinajstić information content (AvgIpc) is 2.17. The molecule has 16 heavy (non-hydrogen) atoms. The van der Waals surface area contributed by atoms with E-state index in [9.17, 15) is 9.59 Å². The third-order valence-electron chi connectivity index (χ3n) is 2.52. The zero-order valence-electron chi connectivity index (χ0n) is 9.58. The maximum atomic E-state index is 11.5. The van der Waals surface area contributed by atoms with Gasteiger partial charge in [-0.1, -0.05) is 0 Å². The van der Waals surface area contributed by atoms with Gasteiger partial charge in [-0.3, -0.25) is 0 Å². The summed E-state index contributed by atoms with van der Waals surface area (Å²) in [5.41, 5.74) is -1.25. The van der Waals surface area contributed by atoms with E-state index in [2.05, 4.69) is 10.6 Å². The summed E-state index contributed by atoms with van der Waals surface area (Å²) in [5, 5.41) is 14.0. The summed E-state index contributed by atoms with van der Waals surface area (Å²) >= 11 is 0. The molecule has 3 N–H and O–H groups in total. The van der Waals surface area contributed by atoms with Gasteiger partial charge in [0.2, 0.25) is 0 Å². The topological polar surface area (TPSA) is 87.7 Å². The number of carbonyl (C=O) groups is 2. The number of hydrogen-bond acceptors (Lipinski definition) is 3. The van der Waals surface area contributed by atoms with Crippen LogP contribution in [-0.2, 0) is 9.53 Å². The van der Waals surface area contributed by atoms with Gasteiger partial charge in [-0.05, 0) is 26.7 Å². The van der Waals surface area contributed by atoms with Gasteiger partial charge in [0.1, 0.15) is 5.54 Å². The summed E-state index contributed by atoms with van der Waals surface area (Å²) in [6, 6.07) is -0.377. The largest absolute Gasteiger partial charge is 0.480 e. The minimum absolute atomic E-state index is 0.0679. The predicted molar refractivity (Wildman–Crippen MR) is 57.2 cm³/mol. The summed E-state index contributed by atoms with van der Waals surface area (Å²) in [4.78, 5) is 22.3. The number of aliphatic carboxylic acids is 1. The first-order valence-electron chi connectivity index (χ1n) is 5.31. The smallest absolute Gasteiger partial charge is 0.328 e. The normalized spacial score (nSPS) is 17.9. The molecule has 0 aromatic rings. The fourth-order valence-electron chi connectivity index (χ4n) is 1.40. The van der Waals surface area contributed by atoms with E-state index in [1.54, 1.807) is 0 Å². The molecule has 0 spiro atoms. The fourth-order valence-corrected chi connectivity index (χ4v) is 1.40. The second-order valence-electron chi connectivity index (χ2n) is 4.42. The highest BCUT2D eigenvalue weighted by molar-refractivity contribution is 5.85. The van der Waals surface area contributed by atoms with Crippen LogP contribution in [0.4, 0.5) is 4.79 Å². The maximum Gasteiger partial charge on any atom is 0.328 e. The summed E-state index contributed by atoms with van der Waals surface area (Å²) in [5.74, 6) is -1.06. The third kappa shape index (κ3) is 3.69. The van der Waals surface area contributed by atoms with E-state index in [1.807, 2.05) is 0 Å². The van der Waals surface area contributed by atoms with Crippen LogP contribution in [-0.4, -0.2) is 41.9 Å². The molecule has 1 heterocycles. The van der Waals surface area contributed by atoms with Gasteiger partial charge >= 0.3 is 12.0 Å². The van der Waals surface area contributed by atoms with E-state index in [-0.39, 0.29) is 6.04 Å². The van der Waals surface area contributed by atoms with Crippen LogP contribution in [0, 0.1) is 0 Å². The first-order chi connectivity index (χ1) is 7.42. The number of amides is 2. The van der Waals surface area contributed by atoms with Crippen molar-refractivity contribution < 1.29 is 19.4 Å². The van der Waals surface area contributed by atoms with Crippen molar-refractivity contribution in [2.45, 2.75) is 38.3 Å². The minimum atomic E-state index is -1.25. The molecule has 6 heteroatoms. The van der Waals surface area contributed by atoms with Crippen LogP contribution in [0.25, 0.3) is 0 Å². The Balaban J connectivity index is 2.37. The first-order valence-corrected chi connectivity index (χ1v) is 5.31. The Kier molecular flexibility index (Phi) is 4.12. The van der Waals surface area contributed by atoms with Crippen LogP contribution in [0.2, 0.25) is 0 Å². The number of carboxylic acid groups (broad SMARTS) is 1. The van der Waals surface area contributed by atoms with Crippen molar-refractivity contribution >= 4 is 12.0 Å². The molecule has 0 bridgehead atoms. The van der Waals surface area contributed by atoms with Crippen LogP contribution in [0.5, 0.6) is 0 Å². The number of rotatable bonds is 3. The van der Waals surface area contributed by atoms with Crippen molar-refractivity contribution in [2.75, 3.05) is 13.2 Å². The van der Waals surface area contributed by atoms with E-state index >= 15 is 0 Å². The molecule has 0 aliphatic carbocycles. The van der Waals surface area contributed by atoms with E-state index in [1.165, 1.54) is 13.8 Å². The Morgan fingerprint density at radius 3 is 2.38 bits per heavy atom. The molecule has 1 rings (SSSR count). The molecule has 2 amide bonds. The van der Waals surface area contributed by atoms with Crippen LogP contribution in [0.3, 0.4) is 0 Å². The number of ether oxygens (including phenoxy) is 1. The summed E-state index contributed by atoms with van der Waals surface area (Å²) in [6.07, 6.45) is 1.53. The van der Waals surface area contributed by atoms with E-state index in [0.29, 0.717) is 13.2 Å². The Morgan fingerprint density at radius 2 is 1.88 bits per heavy atom. The number of nitrogens with one attached hydrogen (secondary N) is 2. The monoisotopic (exact) mass is 230 g/mol. The maximum absolute atomic E-state index is 11.5. The molecular weight excluding hydrogens is 212 g/mol. The van der Waals surface area contributed by atoms with Crippen LogP contribution in [0.1, 0.15) is 26.7 Å². The molecule has 0 aromatic heterocycles. The molecule has 6 nitrogen and oxygen atoms in total. The Bertz CT molecular complexity index is 272. The quantitative estimate of drug-likeness (QED) is 0.652. The molecule has 0 saturated carbocycles. The zero-order chi connectivity index (χ0) is 12.2. The van der Waals surface area contributed by atoms with Crippen LogP contribution < -0.4 is 10.6 Å². The summed E-state index contributed by atoms with van der Waals surface area (Å²) < 4.78 is 5.15. The van der Waals surface area contributed by atoms with Crippen molar-refractivity contribution in [3.63, 3.8) is 0 Å². The molecule has 1 fully saturated rings. The Hall–Kier alpha value is -1.30. The van der Waals surface area contributed by atoms with Gasteiger partial charge in [-0.2, -0.15) is 0 Å². The standard InChI is InChI=1S/C10H18N2O4/c1-10(2,8(13)14)12-9(15)11-7-3-5-16-6-4-7/h7H,3-6H2,1-2H3,(H,13,14)(H2,11,12,15). The van der Waals surface area contributed by atoms with Gasteiger partial charge in [-0.15, -0.1) is 0 Å². The number of hydrogen-bond donors (Lipinski definition) is 3. The fraction of sp³-hybridized carbons (Fsp3) is 0.800. The molecule has 0 atom stereocenters. The number of carbonyl (C=O) groups excluding carboxylic acids is 1. The van der Waals surface area contributed by atoms with Crippen molar-refractivity contribution in [3.8, 4) is 0 Å². The van der Waals surface area contributed by atoms with Crippen LogP contribution >= 0.6 is 0 Å². The lowest BCUT2D eigenvalue weighted by Crippen LogP contribution is -2.55. The number of urea groups is 1. The van der Waals surface area contributed by atoms with Gasteiger partial charge in [0.15, 0.2) is 0 Å². The van der Waals surface area contributed by atoms with E-state index in [0.717, 1.165) is 12.8 Å². The summed E-state index contributed by atoms with van der Waals surface area (Å²) in [6.45, 7) is 4.15. The highest BCUT2D eigenvalue weighted by Crippen LogP contribution is 2.07. The zero-order valence-corrected chi connectivity index (χ0v) is 9.58. The number of carboxylic acids is 1. The second-order valence-corrected chi connectivity index (χ2v) is 4.42. The van der Waals surface area contributed by atoms with Crippen LogP contribution in [0.15, 0.2) is 0 Å². The minimum Gasteiger partial charge on any atom is -0.480 e. The van der Waals surface area contributed by atoms with Gasteiger partial charge < -0.3 is 20.5 Å². The lowest BCUT2D eigenvalue weighted by Gasteiger charge is -2.26. The molecule has 1 saturated heterocycles. The summed E-state index contributed by atoms with van der Waals surface area (Å²) in [7, 11) is 0. The molecule has 0 radical (unpaired) electrons. The Labute approximate surface area is 94.3 Å². The van der Waals surface area contributed by atoms with Gasteiger partial charge in [0.25, 0.3) is 0 Å². The molecular formula is C10H18N2O4. The SMILES string of the molecule is CC(C)(NC(=O)NC1CCOCC1)C(=O)O. The van der Waals surface area contributed by atoms with Crippen molar-refractivity contribution in [3.05, 3.63) is 0 Å². The first kappa shape index (κ1) is 12.8. The lowest BCUT2D eigenvalue weighted by atomic mass is 10.1. The predicted octanol–water partition coefficient (Wildman–Crippen LogP) is 0.328. The van der Waals surface area contributed by atoms with Crippen molar-refractivity contribution in [2.24, 2.45) is 0 Å². The molecule has 1 aliphatic rings. The van der Waals surface area contributed by atoms with E-state index in [4.69, 9.17) is 9.84 Å². The second kappa shape index (κ2) is 5.16. The molecule has 0 unspecified atom stereocenters.